The van der Waals surface area contributed by atoms with E-state index in [1.54, 1.807) is 0 Å². The summed E-state index contributed by atoms with van der Waals surface area (Å²) in [6, 6.07) is 140. The number of para-hydroxylation sites is 5. The van der Waals surface area contributed by atoms with Crippen LogP contribution in [0.4, 0.5) is 0 Å². The maximum Gasteiger partial charge on any atom is 0.145 e. The highest BCUT2D eigenvalue weighted by Crippen LogP contribution is 2.55. The number of aromatic nitrogens is 6. The Kier molecular flexibility index (Phi) is 14.8. The van der Waals surface area contributed by atoms with Gasteiger partial charge in [-0.3, -0.25) is 14.1 Å². The predicted octanol–water partition coefficient (Wildman–Crippen LogP) is 31.3. The van der Waals surface area contributed by atoms with Crippen molar-refractivity contribution in [2.24, 2.45) is 0 Å². The fourth-order valence-corrected chi connectivity index (χ4v) is 20.4. The Bertz CT molecular complexity index is 9100. The van der Waals surface area contributed by atoms with Crippen molar-refractivity contribution < 1.29 is 13.3 Å². The Labute approximate surface area is 714 Å². The first-order valence-corrected chi connectivity index (χ1v) is 42.4. The zero-order chi connectivity index (χ0) is 81.6. The van der Waals surface area contributed by atoms with Gasteiger partial charge in [0.05, 0.1) is 38.8 Å². The third-order valence-corrected chi connectivity index (χ3v) is 26.1. The molecule has 0 atom stereocenters. The Hall–Kier alpha value is -16.9. The lowest BCUT2D eigenvalue weighted by atomic mass is 9.98. The minimum atomic E-state index is 0.878. The van der Waals surface area contributed by atoms with Crippen LogP contribution in [0.2, 0.25) is 0 Å². The number of hydrogen-bond donors (Lipinski definition) is 0. The number of furan rings is 3. The summed E-state index contributed by atoms with van der Waals surface area (Å²) in [6.45, 7) is 0. The first kappa shape index (κ1) is 69.0. The number of pyridine rings is 2. The van der Waals surface area contributed by atoms with Crippen LogP contribution in [0.15, 0.2) is 414 Å². The second-order valence-corrected chi connectivity index (χ2v) is 32.9. The molecule has 9 heteroatoms. The van der Waals surface area contributed by atoms with Gasteiger partial charge in [-0.05, 0) is 204 Å². The highest BCUT2D eigenvalue weighted by Gasteiger charge is 2.30. The second-order valence-electron chi connectivity index (χ2n) is 32.9. The summed E-state index contributed by atoms with van der Waals surface area (Å²) < 4.78 is 24.4. The first-order chi connectivity index (χ1) is 62.0. The molecule has 0 saturated carbocycles. The van der Waals surface area contributed by atoms with Crippen LogP contribution in [0, 0.1) is 0 Å². The van der Waals surface area contributed by atoms with E-state index in [-0.39, 0.29) is 0 Å². The normalized spacial score (nSPS) is 12.2. The van der Waals surface area contributed by atoms with Gasteiger partial charge in [-0.1, -0.05) is 279 Å². The summed E-state index contributed by atoms with van der Waals surface area (Å²) in [4.78, 5) is 19.7. The van der Waals surface area contributed by atoms with Gasteiger partial charge in [-0.25, -0.2) is 15.0 Å². The number of fused-ring (bicyclic) bond motifs is 26. The fraction of sp³-hybridized carbons (Fsp3) is 0. The second kappa shape index (κ2) is 26.8. The monoisotopic (exact) mass is 1590 g/mol. The van der Waals surface area contributed by atoms with E-state index >= 15 is 0 Å². The Morgan fingerprint density at radius 2 is 0.568 bits per heavy atom. The van der Waals surface area contributed by atoms with Crippen molar-refractivity contribution in [3.63, 3.8) is 0 Å². The molecule has 0 amide bonds. The van der Waals surface area contributed by atoms with E-state index in [9.17, 15) is 0 Å². The molecule has 7 heterocycles. The van der Waals surface area contributed by atoms with Crippen molar-refractivity contribution in [1.82, 2.24) is 29.1 Å². The van der Waals surface area contributed by atoms with E-state index in [0.29, 0.717) is 0 Å². The van der Waals surface area contributed by atoms with Gasteiger partial charge in [-0.2, -0.15) is 0 Å². The van der Waals surface area contributed by atoms with E-state index in [0.717, 1.165) is 172 Å². The molecule has 0 unspecified atom stereocenters. The van der Waals surface area contributed by atoms with Crippen LogP contribution in [0.3, 0.4) is 0 Å². The third-order valence-electron chi connectivity index (χ3n) is 26.1. The molecule has 0 bridgehead atoms. The highest BCUT2D eigenvalue weighted by atomic mass is 16.3. The smallest absolute Gasteiger partial charge is 0.145 e. The molecule has 0 N–H and O–H groups in total. The van der Waals surface area contributed by atoms with E-state index in [4.69, 9.17) is 28.2 Å². The van der Waals surface area contributed by atoms with Crippen LogP contribution in [-0.4, -0.2) is 29.1 Å². The van der Waals surface area contributed by atoms with Crippen molar-refractivity contribution in [1.29, 1.82) is 0 Å². The summed E-state index contributed by atoms with van der Waals surface area (Å²) >= 11 is 0. The van der Waals surface area contributed by atoms with Crippen molar-refractivity contribution in [2.75, 3.05) is 0 Å². The van der Waals surface area contributed by atoms with E-state index in [1.807, 2.05) is 36.5 Å². The third kappa shape index (κ3) is 10.5. The molecule has 29 rings (SSSR count). The minimum Gasteiger partial charge on any atom is -0.455 e. The molecule has 0 spiro atoms. The van der Waals surface area contributed by atoms with Crippen LogP contribution in [0.1, 0.15) is 0 Å². The van der Waals surface area contributed by atoms with E-state index in [1.165, 1.54) is 104 Å². The molecule has 0 saturated heterocycles. The first-order valence-electron chi connectivity index (χ1n) is 42.4. The van der Waals surface area contributed by atoms with Crippen molar-refractivity contribution in [3.05, 3.63) is 401 Å². The lowest BCUT2D eigenvalue weighted by molar-refractivity contribution is 0.672. The largest absolute Gasteiger partial charge is 0.455 e. The molecule has 578 valence electrons. The number of imidazole rings is 2. The van der Waals surface area contributed by atoms with Gasteiger partial charge in [-0.15, -0.1) is 0 Å². The lowest BCUT2D eigenvalue weighted by Gasteiger charge is -2.11. The minimum absolute atomic E-state index is 0.878. The van der Waals surface area contributed by atoms with Gasteiger partial charge in [0.2, 0.25) is 0 Å². The molecule has 7 aromatic heterocycles. The molecule has 26 aromatic rings. The van der Waals surface area contributed by atoms with Crippen molar-refractivity contribution >= 4 is 142 Å². The average molecular weight is 1590 g/mol. The zero-order valence-corrected chi connectivity index (χ0v) is 67.0. The van der Waals surface area contributed by atoms with Crippen molar-refractivity contribution in [3.8, 4) is 134 Å². The Morgan fingerprint density at radius 3 is 1.05 bits per heavy atom. The zero-order valence-electron chi connectivity index (χ0n) is 67.0. The number of hydrogen-bond acceptors (Lipinski definition) is 7. The molecular formula is C116H66N6O3. The van der Waals surface area contributed by atoms with Crippen LogP contribution >= 0.6 is 0 Å². The van der Waals surface area contributed by atoms with Crippen LogP contribution < -0.4 is 0 Å². The Balaban J connectivity index is 0.0000000982. The molecule has 19 aromatic carbocycles. The van der Waals surface area contributed by atoms with Gasteiger partial charge in [0.25, 0.3) is 0 Å². The van der Waals surface area contributed by atoms with Crippen molar-refractivity contribution in [2.45, 2.75) is 0 Å². The summed E-state index contributed by atoms with van der Waals surface area (Å²) in [7, 11) is 0. The summed E-state index contributed by atoms with van der Waals surface area (Å²) in [5.74, 6) is 1.87. The molecule has 3 aliphatic carbocycles. The van der Waals surface area contributed by atoms with E-state index in [2.05, 4.69) is 378 Å². The van der Waals surface area contributed by atoms with Crippen LogP contribution in [0.25, 0.3) is 276 Å². The molecule has 0 radical (unpaired) electrons. The predicted molar refractivity (Wildman–Crippen MR) is 514 cm³/mol. The summed E-state index contributed by atoms with van der Waals surface area (Å²) in [5, 5.41) is 16.5. The topological polar surface area (TPSA) is 101 Å². The van der Waals surface area contributed by atoms with Gasteiger partial charge < -0.3 is 13.3 Å². The number of nitrogens with zero attached hydrogens (tertiary/aromatic N) is 6. The molecular weight excluding hydrogens is 1530 g/mol. The van der Waals surface area contributed by atoms with Gasteiger partial charge >= 0.3 is 0 Å². The molecule has 3 aliphatic rings. The SMILES string of the molecule is c1ccc(-c2nc3ccccc3n2-c2ccc(-c3ccc4c(c3)oc3c5cccc6c5c(cc43)-c3ccccc3-6)cc2)cc1.c1ccc(-n2c(-c3ccc(-c4ccc5c(c4)oc4c6cccc7c6c(cc54)-c4ccccc4-7)cc3)nc3ccccc32)cc1.c1ccc2c(c1)-c1cccc3c1c-2cc1c2ccc(-c4ccc5ccc6cccnc6c5n4)cc2oc31. The molecule has 0 fully saturated rings. The molecule has 125 heavy (non-hydrogen) atoms. The standard InChI is InChI=1S/2C41H24N2O.C34H18N2O/c1-2-9-26(10-3-1)41-42-36-15-6-7-16-37(36)43(41)28-20-17-25(18-21-28)27-19-22-31-35-24-34-30-12-5-4-11-29(30)32-13-8-14-33(39(32)34)40(35)44-38(31)23-27;1-2-9-28(10-3-1)43-37-16-7-6-15-36(37)42-41(43)26-19-17-25(18-20-26)27-21-22-31-35-24-34-30-12-5-4-11-29(30)32-13-8-14-33(39(32)34)40(35)44-38(31)23-27;1-2-7-23-22(6-1)25-8-3-9-26-31(25)27(23)18-28-24-14-12-21(17-30(24)37-34(26)28)29-15-13-20-11-10-19-5-4-16-35-32(19)33(20)36-29/h2*1-24H;1-18H. The summed E-state index contributed by atoms with van der Waals surface area (Å²) in [5.41, 5.74) is 37.9. The number of rotatable bonds is 7. The van der Waals surface area contributed by atoms with Gasteiger partial charge in [0, 0.05) is 110 Å². The summed E-state index contributed by atoms with van der Waals surface area (Å²) in [6.07, 6.45) is 1.83. The number of benzene rings is 19. The van der Waals surface area contributed by atoms with Crippen LogP contribution in [-0.2, 0) is 0 Å². The van der Waals surface area contributed by atoms with Gasteiger partial charge in [0.15, 0.2) is 0 Å². The Morgan fingerprint density at radius 1 is 0.208 bits per heavy atom. The fourth-order valence-electron chi connectivity index (χ4n) is 20.4. The average Bonchev–Trinajstić information content (AvgIpc) is 1.56. The lowest BCUT2D eigenvalue weighted by Crippen LogP contribution is -1.97. The highest BCUT2D eigenvalue weighted by molar-refractivity contribution is 6.29. The van der Waals surface area contributed by atoms with Crippen LogP contribution in [0.5, 0.6) is 0 Å². The maximum atomic E-state index is 6.65. The molecule has 9 nitrogen and oxygen atoms in total. The van der Waals surface area contributed by atoms with E-state index < -0.39 is 0 Å². The quantitative estimate of drug-likeness (QED) is 0.147. The molecule has 0 aliphatic heterocycles. The maximum absolute atomic E-state index is 6.65. The van der Waals surface area contributed by atoms with Gasteiger partial charge in [0.1, 0.15) is 45.1 Å².